The van der Waals surface area contributed by atoms with E-state index in [1.807, 2.05) is 30.3 Å². The van der Waals surface area contributed by atoms with Crippen LogP contribution in [0, 0.1) is 5.92 Å². The Labute approximate surface area is 219 Å². The van der Waals surface area contributed by atoms with Crippen LogP contribution in [-0.4, -0.2) is 51.9 Å². The van der Waals surface area contributed by atoms with E-state index in [0.29, 0.717) is 16.7 Å². The number of carbonyl (C=O) groups excluding carboxylic acids is 1. The van der Waals surface area contributed by atoms with Crippen LogP contribution in [0.5, 0.6) is 5.19 Å². The monoisotopic (exact) mass is 526 g/mol. The van der Waals surface area contributed by atoms with Crippen LogP contribution >= 0.6 is 11.3 Å². The summed E-state index contributed by atoms with van der Waals surface area (Å²) < 4.78 is 31.9. The molecule has 0 unspecified atom stereocenters. The van der Waals surface area contributed by atoms with E-state index in [1.54, 1.807) is 6.20 Å². The largest absolute Gasteiger partial charge is 0.466 e. The van der Waals surface area contributed by atoms with Crippen molar-refractivity contribution in [2.24, 2.45) is 5.92 Å². The number of nitrogens with zero attached hydrogens (tertiary/aromatic N) is 3. The number of pyridine rings is 1. The maximum Gasteiger partial charge on any atom is 0.273 e. The van der Waals surface area contributed by atoms with Gasteiger partial charge in [0.2, 0.25) is 0 Å². The number of hydrogen-bond donors (Lipinski definition) is 1. The van der Waals surface area contributed by atoms with Crippen molar-refractivity contribution in [1.82, 2.24) is 20.2 Å². The number of rotatable bonds is 7. The predicted molar refractivity (Wildman–Crippen MR) is 139 cm³/mol. The topological polar surface area (TPSA) is 67.4 Å². The lowest BCUT2D eigenvalue weighted by atomic mass is 9.84. The molecule has 0 saturated heterocycles. The summed E-state index contributed by atoms with van der Waals surface area (Å²) >= 11 is 1.52. The highest BCUT2D eigenvalue weighted by Crippen LogP contribution is 2.41. The molecule has 0 atom stereocenters. The highest BCUT2D eigenvalue weighted by atomic mass is 32.1. The van der Waals surface area contributed by atoms with Crippen molar-refractivity contribution in [3.8, 4) is 5.19 Å². The van der Waals surface area contributed by atoms with Crippen LogP contribution in [0.3, 0.4) is 0 Å². The summed E-state index contributed by atoms with van der Waals surface area (Å²) in [6, 6.07) is 9.73. The lowest BCUT2D eigenvalue weighted by Gasteiger charge is -2.33. The van der Waals surface area contributed by atoms with Gasteiger partial charge in [0.1, 0.15) is 6.10 Å². The number of alkyl halides is 2. The number of hydrogen-bond acceptors (Lipinski definition) is 6. The molecule has 6 rings (SSSR count). The fourth-order valence-corrected chi connectivity index (χ4v) is 6.80. The summed E-state index contributed by atoms with van der Waals surface area (Å²) in [7, 11) is 0. The minimum Gasteiger partial charge on any atom is -0.466 e. The number of fused-ring (bicyclic) bond motifs is 2. The first kappa shape index (κ1) is 24.7. The minimum absolute atomic E-state index is 0.0104. The van der Waals surface area contributed by atoms with Gasteiger partial charge >= 0.3 is 0 Å². The van der Waals surface area contributed by atoms with Crippen LogP contribution in [-0.2, 0) is 13.0 Å². The van der Waals surface area contributed by atoms with Crippen LogP contribution in [0.2, 0.25) is 0 Å². The molecule has 2 saturated carbocycles. The third-order valence-corrected chi connectivity index (χ3v) is 9.08. The number of halogens is 2. The summed E-state index contributed by atoms with van der Waals surface area (Å²) in [4.78, 5) is 25.6. The van der Waals surface area contributed by atoms with E-state index in [-0.39, 0.29) is 24.8 Å². The summed E-state index contributed by atoms with van der Waals surface area (Å²) in [6.45, 7) is 2.84. The first-order valence-corrected chi connectivity index (χ1v) is 14.1. The fraction of sp³-hybridized carbons (Fsp3) is 0.536. The summed E-state index contributed by atoms with van der Waals surface area (Å²) in [6.07, 6.45) is 7.32. The van der Waals surface area contributed by atoms with E-state index in [0.717, 1.165) is 74.8 Å². The molecular formula is C28H32F2N4O2S. The quantitative estimate of drug-likeness (QED) is 0.434. The SMILES string of the molecule is O=C(N[C@H]1CC[C@H](CCN2CCc3sc(OC4CC(F)(F)C4)nc3C2)CC1)c1cccc2ncccc12. The Morgan fingerprint density at radius 3 is 2.81 bits per heavy atom. The Morgan fingerprint density at radius 1 is 1.16 bits per heavy atom. The van der Waals surface area contributed by atoms with Crippen LogP contribution in [0.4, 0.5) is 8.78 Å². The van der Waals surface area contributed by atoms with Gasteiger partial charge in [-0.3, -0.25) is 14.7 Å². The summed E-state index contributed by atoms with van der Waals surface area (Å²) in [5.41, 5.74) is 2.58. The second kappa shape index (κ2) is 10.3. The van der Waals surface area contributed by atoms with E-state index in [9.17, 15) is 13.6 Å². The zero-order valence-corrected chi connectivity index (χ0v) is 21.6. The van der Waals surface area contributed by atoms with Crippen LogP contribution < -0.4 is 10.1 Å². The molecule has 0 spiro atoms. The normalized spacial score (nSPS) is 23.8. The lowest BCUT2D eigenvalue weighted by Crippen LogP contribution is -2.43. The van der Waals surface area contributed by atoms with Crippen LogP contribution in [0.1, 0.15) is 65.9 Å². The molecule has 3 heterocycles. The lowest BCUT2D eigenvalue weighted by molar-refractivity contribution is -0.134. The minimum atomic E-state index is -2.57. The number of ether oxygens (including phenoxy) is 1. The molecule has 1 N–H and O–H groups in total. The molecule has 1 amide bonds. The number of aromatic nitrogens is 2. The molecule has 1 aliphatic heterocycles. The summed E-state index contributed by atoms with van der Waals surface area (Å²) in [5, 5.41) is 4.70. The first-order chi connectivity index (χ1) is 17.9. The molecule has 2 fully saturated rings. The van der Waals surface area contributed by atoms with Gasteiger partial charge in [-0.25, -0.2) is 13.8 Å². The van der Waals surface area contributed by atoms with Crippen molar-refractivity contribution >= 4 is 28.1 Å². The molecule has 2 aliphatic carbocycles. The second-order valence-electron chi connectivity index (χ2n) is 10.7. The van der Waals surface area contributed by atoms with Gasteiger partial charge in [-0.05, 0) is 69.2 Å². The molecule has 0 radical (unpaired) electrons. The van der Waals surface area contributed by atoms with E-state index in [4.69, 9.17) is 4.74 Å². The van der Waals surface area contributed by atoms with Crippen molar-refractivity contribution in [2.75, 3.05) is 13.1 Å². The molecule has 3 aliphatic rings. The third-order valence-electron chi connectivity index (χ3n) is 8.03. The highest BCUT2D eigenvalue weighted by molar-refractivity contribution is 7.13. The third kappa shape index (κ3) is 5.62. The molecule has 6 nitrogen and oxygen atoms in total. The maximum absolute atomic E-state index is 13.1. The first-order valence-electron chi connectivity index (χ1n) is 13.3. The predicted octanol–water partition coefficient (Wildman–Crippen LogP) is 5.60. The van der Waals surface area contributed by atoms with E-state index < -0.39 is 12.0 Å². The fourth-order valence-electron chi connectivity index (χ4n) is 5.83. The van der Waals surface area contributed by atoms with Crippen molar-refractivity contribution in [1.29, 1.82) is 0 Å². The van der Waals surface area contributed by atoms with Gasteiger partial charge in [-0.2, -0.15) is 0 Å². The van der Waals surface area contributed by atoms with Crippen LogP contribution in [0.15, 0.2) is 36.5 Å². The average Bonchev–Trinajstić information content (AvgIpc) is 3.28. The Bertz CT molecular complexity index is 1260. The van der Waals surface area contributed by atoms with Gasteiger partial charge in [0.05, 0.1) is 11.2 Å². The zero-order chi connectivity index (χ0) is 25.4. The van der Waals surface area contributed by atoms with E-state index >= 15 is 0 Å². The molecule has 9 heteroatoms. The van der Waals surface area contributed by atoms with Crippen molar-refractivity contribution < 1.29 is 18.3 Å². The molecule has 3 aromatic rings. The van der Waals surface area contributed by atoms with E-state index in [2.05, 4.69) is 20.2 Å². The van der Waals surface area contributed by atoms with Gasteiger partial charge in [0.25, 0.3) is 17.0 Å². The second-order valence-corrected chi connectivity index (χ2v) is 11.8. The average molecular weight is 527 g/mol. The molecule has 196 valence electrons. The number of carbonyl (C=O) groups is 1. The van der Waals surface area contributed by atoms with Crippen molar-refractivity contribution in [3.05, 3.63) is 52.7 Å². The number of nitrogens with one attached hydrogen (secondary N) is 1. The maximum atomic E-state index is 13.1. The zero-order valence-electron chi connectivity index (χ0n) is 20.8. The van der Waals surface area contributed by atoms with Crippen molar-refractivity contribution in [2.45, 2.75) is 76.0 Å². The Hall–Kier alpha value is -2.65. The Kier molecular flexibility index (Phi) is 6.84. The molecular weight excluding hydrogens is 494 g/mol. The van der Waals surface area contributed by atoms with E-state index in [1.165, 1.54) is 16.2 Å². The molecule has 0 bridgehead atoms. The number of thiazole rings is 1. The number of benzene rings is 1. The van der Waals surface area contributed by atoms with Gasteiger partial charge in [0, 0.05) is 54.0 Å². The van der Waals surface area contributed by atoms with Crippen LogP contribution in [0.25, 0.3) is 10.9 Å². The van der Waals surface area contributed by atoms with Gasteiger partial charge < -0.3 is 10.1 Å². The Balaban J connectivity index is 0.944. The molecule has 2 aromatic heterocycles. The standard InChI is InChI=1S/C28H32F2N4O2S/c29-28(30)15-20(16-28)36-27-33-24-17-34(14-11-25(24)37-27)13-10-18-6-8-19(9-7-18)32-26(35)22-3-1-5-23-21(22)4-2-12-31-23/h1-5,12,18-20H,6-11,13-17H2,(H,32,35)/t18-,19-. The molecule has 1 aromatic carbocycles. The summed E-state index contributed by atoms with van der Waals surface area (Å²) in [5.74, 6) is -1.91. The Morgan fingerprint density at radius 2 is 2.00 bits per heavy atom. The molecule has 37 heavy (non-hydrogen) atoms. The van der Waals surface area contributed by atoms with Gasteiger partial charge in [0.15, 0.2) is 0 Å². The van der Waals surface area contributed by atoms with Gasteiger partial charge in [-0.1, -0.05) is 23.5 Å². The number of amides is 1. The van der Waals surface area contributed by atoms with Gasteiger partial charge in [-0.15, -0.1) is 0 Å². The highest BCUT2D eigenvalue weighted by Gasteiger charge is 2.47. The van der Waals surface area contributed by atoms with Crippen molar-refractivity contribution in [3.63, 3.8) is 0 Å². The smallest absolute Gasteiger partial charge is 0.273 e.